The van der Waals surface area contributed by atoms with Gasteiger partial charge in [0.05, 0.1) is 35.8 Å². The van der Waals surface area contributed by atoms with Crippen LogP contribution in [0.5, 0.6) is 0 Å². The lowest BCUT2D eigenvalue weighted by molar-refractivity contribution is 0.0940. The molecule has 8 heteroatoms. The minimum Gasteiger partial charge on any atom is -0.345 e. The van der Waals surface area contributed by atoms with Crippen molar-refractivity contribution in [3.63, 3.8) is 0 Å². The van der Waals surface area contributed by atoms with Crippen LogP contribution in [0.2, 0.25) is 0 Å². The summed E-state index contributed by atoms with van der Waals surface area (Å²) in [7, 11) is -3.49. The van der Waals surface area contributed by atoms with Crippen LogP contribution in [0.15, 0.2) is 91.5 Å². The van der Waals surface area contributed by atoms with Crippen LogP contribution in [-0.4, -0.2) is 33.0 Å². The standard InChI is InChI=1S/C26H27N3O4S/c1-4-18-29(34(3,32)33)22-16-14-21(15-17-22)25(30)28-24-13-9-8-12-23(24)26(31)27-19(2)20-10-6-5-7-11-20/h4-17,19H,1,18H2,2-3H3,(H,27,31)(H,28,30)/t19-/m0/s1. The Morgan fingerprint density at radius 1 is 0.941 bits per heavy atom. The van der Waals surface area contributed by atoms with Gasteiger partial charge in [0.1, 0.15) is 0 Å². The lowest BCUT2D eigenvalue weighted by Gasteiger charge is -2.21. The molecule has 0 aliphatic heterocycles. The molecule has 0 spiro atoms. The maximum atomic E-state index is 12.9. The second-order valence-electron chi connectivity index (χ2n) is 7.74. The van der Waals surface area contributed by atoms with Gasteiger partial charge in [0.25, 0.3) is 11.8 Å². The number of nitrogens with one attached hydrogen (secondary N) is 2. The molecule has 0 saturated heterocycles. The normalized spacial score (nSPS) is 11.8. The highest BCUT2D eigenvalue weighted by molar-refractivity contribution is 7.92. The molecule has 7 nitrogen and oxygen atoms in total. The molecular formula is C26H27N3O4S. The summed E-state index contributed by atoms with van der Waals surface area (Å²) >= 11 is 0. The van der Waals surface area contributed by atoms with E-state index < -0.39 is 15.9 Å². The topological polar surface area (TPSA) is 95.6 Å². The lowest BCUT2D eigenvalue weighted by atomic mass is 10.1. The molecule has 0 aliphatic carbocycles. The number of carbonyl (C=O) groups excluding carboxylic acids is 2. The first-order valence-electron chi connectivity index (χ1n) is 10.7. The summed E-state index contributed by atoms with van der Waals surface area (Å²) in [6, 6.07) is 22.3. The van der Waals surface area contributed by atoms with E-state index >= 15 is 0 Å². The Morgan fingerprint density at radius 2 is 1.56 bits per heavy atom. The molecule has 0 fully saturated rings. The predicted molar refractivity (Wildman–Crippen MR) is 136 cm³/mol. The summed E-state index contributed by atoms with van der Waals surface area (Å²) in [6.45, 7) is 5.60. The van der Waals surface area contributed by atoms with Crippen molar-refractivity contribution in [1.29, 1.82) is 0 Å². The smallest absolute Gasteiger partial charge is 0.255 e. The van der Waals surface area contributed by atoms with E-state index in [4.69, 9.17) is 0 Å². The van der Waals surface area contributed by atoms with Crippen molar-refractivity contribution < 1.29 is 18.0 Å². The molecule has 3 rings (SSSR count). The molecule has 0 heterocycles. The monoisotopic (exact) mass is 477 g/mol. The van der Waals surface area contributed by atoms with Crippen molar-refractivity contribution in [1.82, 2.24) is 5.32 Å². The van der Waals surface area contributed by atoms with Gasteiger partial charge < -0.3 is 10.6 Å². The minimum atomic E-state index is -3.49. The third kappa shape index (κ3) is 6.11. The molecule has 3 aromatic carbocycles. The van der Waals surface area contributed by atoms with Crippen LogP contribution in [0, 0.1) is 0 Å². The molecule has 0 saturated carbocycles. The molecule has 176 valence electrons. The Balaban J connectivity index is 1.75. The van der Waals surface area contributed by atoms with E-state index in [1.165, 1.54) is 22.5 Å². The van der Waals surface area contributed by atoms with E-state index in [1.807, 2.05) is 37.3 Å². The first-order valence-corrected chi connectivity index (χ1v) is 12.5. The van der Waals surface area contributed by atoms with E-state index in [1.54, 1.807) is 36.4 Å². The van der Waals surface area contributed by atoms with E-state index in [2.05, 4.69) is 17.2 Å². The number of sulfonamides is 1. The molecule has 2 N–H and O–H groups in total. The zero-order valence-electron chi connectivity index (χ0n) is 19.1. The van der Waals surface area contributed by atoms with Crippen molar-refractivity contribution in [3.8, 4) is 0 Å². The lowest BCUT2D eigenvalue weighted by Crippen LogP contribution is -2.30. The van der Waals surface area contributed by atoms with Crippen LogP contribution in [0.3, 0.4) is 0 Å². The second-order valence-corrected chi connectivity index (χ2v) is 9.64. The largest absolute Gasteiger partial charge is 0.345 e. The average molecular weight is 478 g/mol. The maximum Gasteiger partial charge on any atom is 0.255 e. The first-order chi connectivity index (χ1) is 16.2. The molecule has 0 unspecified atom stereocenters. The van der Waals surface area contributed by atoms with Crippen molar-refractivity contribution in [2.75, 3.05) is 22.4 Å². The van der Waals surface area contributed by atoms with Crippen molar-refractivity contribution >= 4 is 33.2 Å². The number of amides is 2. The van der Waals surface area contributed by atoms with E-state index in [9.17, 15) is 18.0 Å². The number of nitrogens with zero attached hydrogens (tertiary/aromatic N) is 1. The number of benzene rings is 3. The molecule has 0 radical (unpaired) electrons. The molecule has 0 bridgehead atoms. The number of hydrogen-bond acceptors (Lipinski definition) is 4. The van der Waals surface area contributed by atoms with Gasteiger partial charge in [-0.25, -0.2) is 8.42 Å². The highest BCUT2D eigenvalue weighted by atomic mass is 32.2. The van der Waals surface area contributed by atoms with E-state index in [0.29, 0.717) is 22.5 Å². The fourth-order valence-corrected chi connectivity index (χ4v) is 4.29. The van der Waals surface area contributed by atoms with Gasteiger partial charge in [-0.1, -0.05) is 48.5 Å². The van der Waals surface area contributed by atoms with Crippen LogP contribution >= 0.6 is 0 Å². The molecule has 2 amide bonds. The maximum absolute atomic E-state index is 12.9. The Kier molecular flexibility index (Phi) is 7.86. The molecule has 0 aliphatic rings. The average Bonchev–Trinajstić information content (AvgIpc) is 2.82. The zero-order valence-corrected chi connectivity index (χ0v) is 19.9. The highest BCUT2D eigenvalue weighted by Gasteiger charge is 2.18. The van der Waals surface area contributed by atoms with Gasteiger partial charge in [0, 0.05) is 5.56 Å². The molecule has 0 aromatic heterocycles. The summed E-state index contributed by atoms with van der Waals surface area (Å²) in [4.78, 5) is 25.8. The summed E-state index contributed by atoms with van der Waals surface area (Å²) in [5.74, 6) is -0.728. The van der Waals surface area contributed by atoms with Crippen LogP contribution in [0.25, 0.3) is 0 Å². The van der Waals surface area contributed by atoms with Gasteiger partial charge in [-0.2, -0.15) is 0 Å². The summed E-state index contributed by atoms with van der Waals surface area (Å²) in [6.07, 6.45) is 2.60. The Hall–Kier alpha value is -3.91. The van der Waals surface area contributed by atoms with Crippen LogP contribution in [0.4, 0.5) is 11.4 Å². The van der Waals surface area contributed by atoms with Gasteiger partial charge >= 0.3 is 0 Å². The highest BCUT2D eigenvalue weighted by Crippen LogP contribution is 2.21. The van der Waals surface area contributed by atoms with Crippen molar-refractivity contribution in [2.24, 2.45) is 0 Å². The molecule has 1 atom stereocenters. The van der Waals surface area contributed by atoms with Gasteiger partial charge in [-0.15, -0.1) is 6.58 Å². The molecule has 3 aromatic rings. The van der Waals surface area contributed by atoms with E-state index in [-0.39, 0.29) is 18.5 Å². The van der Waals surface area contributed by atoms with Crippen LogP contribution in [-0.2, 0) is 10.0 Å². The first kappa shape index (κ1) is 24.7. The van der Waals surface area contributed by atoms with Gasteiger partial charge in [-0.3, -0.25) is 13.9 Å². The van der Waals surface area contributed by atoms with Gasteiger partial charge in [0.15, 0.2) is 0 Å². The molecular weight excluding hydrogens is 450 g/mol. The Labute approximate surface area is 200 Å². The third-order valence-corrected chi connectivity index (χ3v) is 6.34. The van der Waals surface area contributed by atoms with Crippen LogP contribution in [0.1, 0.15) is 39.2 Å². The Bertz CT molecular complexity index is 1270. The summed E-state index contributed by atoms with van der Waals surface area (Å²) in [5, 5.41) is 5.73. The Morgan fingerprint density at radius 3 is 2.18 bits per heavy atom. The van der Waals surface area contributed by atoms with Crippen molar-refractivity contribution in [2.45, 2.75) is 13.0 Å². The summed E-state index contributed by atoms with van der Waals surface area (Å²) < 4.78 is 25.2. The quantitative estimate of drug-likeness (QED) is 0.447. The summed E-state index contributed by atoms with van der Waals surface area (Å²) in [5.41, 5.74) is 2.43. The minimum absolute atomic E-state index is 0.119. The van der Waals surface area contributed by atoms with Gasteiger partial charge in [-0.05, 0) is 48.9 Å². The third-order valence-electron chi connectivity index (χ3n) is 5.18. The SMILES string of the molecule is C=CCN(c1ccc(C(=O)Nc2ccccc2C(=O)N[C@@H](C)c2ccccc2)cc1)S(C)(=O)=O. The van der Waals surface area contributed by atoms with Gasteiger partial charge in [0.2, 0.25) is 10.0 Å². The predicted octanol–water partition coefficient (Wildman–Crippen LogP) is 4.38. The van der Waals surface area contributed by atoms with Crippen LogP contribution < -0.4 is 14.9 Å². The number of hydrogen-bond donors (Lipinski definition) is 2. The zero-order chi connectivity index (χ0) is 24.7. The fraction of sp³-hybridized carbons (Fsp3) is 0.154. The number of rotatable bonds is 9. The number of para-hydroxylation sites is 1. The number of carbonyl (C=O) groups is 2. The van der Waals surface area contributed by atoms with E-state index in [0.717, 1.165) is 11.8 Å². The fourth-order valence-electron chi connectivity index (χ4n) is 3.41. The van der Waals surface area contributed by atoms with Crippen molar-refractivity contribution in [3.05, 3.63) is 108 Å². The molecule has 34 heavy (non-hydrogen) atoms. The number of anilines is 2. The second kappa shape index (κ2) is 10.8.